The van der Waals surface area contributed by atoms with Crippen molar-refractivity contribution >= 4 is 5.97 Å². The van der Waals surface area contributed by atoms with Gasteiger partial charge in [-0.1, -0.05) is 0 Å². The summed E-state index contributed by atoms with van der Waals surface area (Å²) in [5.41, 5.74) is -1.29. The Morgan fingerprint density at radius 3 is 2.41 bits per heavy atom. The summed E-state index contributed by atoms with van der Waals surface area (Å²) in [6, 6.07) is 3.04. The number of carboxylic acid groups (broad SMARTS) is 1. The Kier molecular flexibility index (Phi) is 3.00. The molecule has 17 heavy (non-hydrogen) atoms. The van der Waals surface area contributed by atoms with Crippen LogP contribution in [-0.4, -0.2) is 16.7 Å². The van der Waals surface area contributed by atoms with Crippen molar-refractivity contribution in [3.8, 4) is 5.75 Å². The van der Waals surface area contributed by atoms with E-state index < -0.39 is 23.2 Å². The van der Waals surface area contributed by atoms with Crippen molar-refractivity contribution in [2.24, 2.45) is 0 Å². The number of ether oxygens (including phenoxy) is 1. The number of rotatable bonds is 3. The Morgan fingerprint density at radius 1 is 1.24 bits per heavy atom. The van der Waals surface area contributed by atoms with Crippen LogP contribution >= 0.6 is 0 Å². The molecule has 0 aromatic heterocycles. The Balaban J connectivity index is 2.23. The third kappa shape index (κ3) is 2.23. The fourth-order valence-electron chi connectivity index (χ4n) is 2.07. The maximum absolute atomic E-state index is 13.0. The molecule has 0 heterocycles. The highest BCUT2D eigenvalue weighted by atomic mass is 19.2. The molecule has 1 saturated carbocycles. The highest BCUT2D eigenvalue weighted by Crippen LogP contribution is 2.35. The zero-order valence-electron chi connectivity index (χ0n) is 9.08. The lowest BCUT2D eigenvalue weighted by molar-refractivity contribution is -0.154. The molecule has 5 heteroatoms. The van der Waals surface area contributed by atoms with E-state index in [0.29, 0.717) is 12.8 Å². The van der Waals surface area contributed by atoms with Crippen LogP contribution in [0.5, 0.6) is 5.75 Å². The van der Waals surface area contributed by atoms with Gasteiger partial charge in [-0.05, 0) is 37.8 Å². The van der Waals surface area contributed by atoms with Gasteiger partial charge in [-0.15, -0.1) is 0 Å². The normalized spacial score (nSPS) is 18.0. The van der Waals surface area contributed by atoms with Crippen LogP contribution in [0.25, 0.3) is 0 Å². The van der Waals surface area contributed by atoms with Gasteiger partial charge >= 0.3 is 5.97 Å². The number of benzene rings is 1. The lowest BCUT2D eigenvalue weighted by atomic mass is 10.0. The quantitative estimate of drug-likeness (QED) is 0.886. The zero-order valence-corrected chi connectivity index (χ0v) is 9.08. The molecular formula is C12H12F2O3. The van der Waals surface area contributed by atoms with Gasteiger partial charge in [0.1, 0.15) is 5.75 Å². The summed E-state index contributed by atoms with van der Waals surface area (Å²) >= 11 is 0. The summed E-state index contributed by atoms with van der Waals surface area (Å²) in [7, 11) is 0. The number of hydrogen-bond donors (Lipinski definition) is 1. The zero-order chi connectivity index (χ0) is 12.5. The summed E-state index contributed by atoms with van der Waals surface area (Å²) in [5.74, 6) is -3.03. The van der Waals surface area contributed by atoms with Crippen molar-refractivity contribution < 1.29 is 23.4 Å². The summed E-state index contributed by atoms with van der Waals surface area (Å²) in [4.78, 5) is 11.2. The van der Waals surface area contributed by atoms with Gasteiger partial charge in [0, 0.05) is 6.07 Å². The van der Waals surface area contributed by atoms with Gasteiger partial charge in [-0.3, -0.25) is 0 Å². The first-order valence-corrected chi connectivity index (χ1v) is 5.41. The van der Waals surface area contributed by atoms with Crippen LogP contribution in [0.15, 0.2) is 18.2 Å². The van der Waals surface area contributed by atoms with Crippen LogP contribution in [0, 0.1) is 11.6 Å². The van der Waals surface area contributed by atoms with E-state index in [1.165, 1.54) is 6.07 Å². The molecule has 0 atom stereocenters. The number of aliphatic carboxylic acids is 1. The summed E-state index contributed by atoms with van der Waals surface area (Å²) in [6.45, 7) is 0. The maximum atomic E-state index is 13.0. The van der Waals surface area contributed by atoms with Crippen molar-refractivity contribution in [2.45, 2.75) is 31.3 Å². The topological polar surface area (TPSA) is 46.5 Å². The Bertz CT molecular complexity index is 439. The van der Waals surface area contributed by atoms with Crippen LogP contribution in [-0.2, 0) is 4.79 Å². The molecule has 2 rings (SSSR count). The molecule has 3 nitrogen and oxygen atoms in total. The van der Waals surface area contributed by atoms with Gasteiger partial charge < -0.3 is 9.84 Å². The second kappa shape index (κ2) is 4.31. The summed E-state index contributed by atoms with van der Waals surface area (Å²) < 4.78 is 31.0. The largest absolute Gasteiger partial charge is 0.478 e. The smallest absolute Gasteiger partial charge is 0.348 e. The van der Waals surface area contributed by atoms with E-state index in [4.69, 9.17) is 9.84 Å². The summed E-state index contributed by atoms with van der Waals surface area (Å²) in [6.07, 6.45) is 2.30. The molecule has 1 aromatic rings. The molecule has 0 radical (unpaired) electrons. The number of hydrogen-bond acceptors (Lipinski definition) is 2. The number of halogens is 2. The van der Waals surface area contributed by atoms with E-state index in [1.54, 1.807) is 0 Å². The SMILES string of the molecule is O=C(O)C1(Oc2ccc(F)c(F)c2)CCCC1. The molecule has 0 saturated heterocycles. The van der Waals surface area contributed by atoms with Crippen molar-refractivity contribution in [1.29, 1.82) is 0 Å². The van der Waals surface area contributed by atoms with E-state index in [0.717, 1.165) is 25.0 Å². The van der Waals surface area contributed by atoms with Crippen molar-refractivity contribution in [3.05, 3.63) is 29.8 Å². The molecule has 0 amide bonds. The predicted molar refractivity (Wildman–Crippen MR) is 55.8 cm³/mol. The molecule has 1 aliphatic rings. The number of carboxylic acids is 1. The van der Waals surface area contributed by atoms with Gasteiger partial charge in [-0.25, -0.2) is 13.6 Å². The fourth-order valence-corrected chi connectivity index (χ4v) is 2.07. The minimum Gasteiger partial charge on any atom is -0.478 e. The molecule has 1 fully saturated rings. The van der Waals surface area contributed by atoms with Crippen molar-refractivity contribution in [1.82, 2.24) is 0 Å². The lowest BCUT2D eigenvalue weighted by Crippen LogP contribution is -2.41. The van der Waals surface area contributed by atoms with Crippen molar-refractivity contribution in [2.75, 3.05) is 0 Å². The lowest BCUT2D eigenvalue weighted by Gasteiger charge is -2.25. The predicted octanol–water partition coefficient (Wildman–Crippen LogP) is 2.74. The fraction of sp³-hybridized carbons (Fsp3) is 0.417. The van der Waals surface area contributed by atoms with Gasteiger partial charge in [0.15, 0.2) is 11.6 Å². The minimum absolute atomic E-state index is 0.0493. The van der Waals surface area contributed by atoms with Gasteiger partial charge in [-0.2, -0.15) is 0 Å². The minimum atomic E-state index is -1.29. The molecular weight excluding hydrogens is 230 g/mol. The molecule has 1 aliphatic carbocycles. The van der Waals surface area contributed by atoms with E-state index in [2.05, 4.69) is 0 Å². The first kappa shape index (κ1) is 11.8. The third-order valence-electron chi connectivity index (χ3n) is 3.01. The Morgan fingerprint density at radius 2 is 1.88 bits per heavy atom. The average molecular weight is 242 g/mol. The molecule has 92 valence electrons. The highest BCUT2D eigenvalue weighted by molar-refractivity contribution is 5.78. The Labute approximate surface area is 97.0 Å². The number of carbonyl (C=O) groups is 1. The van der Waals surface area contributed by atoms with Crippen LogP contribution in [0.3, 0.4) is 0 Å². The Hall–Kier alpha value is -1.65. The molecule has 0 bridgehead atoms. The first-order chi connectivity index (χ1) is 8.03. The first-order valence-electron chi connectivity index (χ1n) is 5.41. The van der Waals surface area contributed by atoms with E-state index in [1.807, 2.05) is 0 Å². The van der Waals surface area contributed by atoms with E-state index in [9.17, 15) is 13.6 Å². The molecule has 0 spiro atoms. The molecule has 1 aromatic carbocycles. The van der Waals surface area contributed by atoms with E-state index in [-0.39, 0.29) is 5.75 Å². The van der Waals surface area contributed by atoms with Crippen LogP contribution in [0.2, 0.25) is 0 Å². The standard InChI is InChI=1S/C12H12F2O3/c13-9-4-3-8(7-10(9)14)17-12(11(15)16)5-1-2-6-12/h3-4,7H,1-2,5-6H2,(H,15,16). The van der Waals surface area contributed by atoms with Gasteiger partial charge in [0.05, 0.1) is 0 Å². The maximum Gasteiger partial charge on any atom is 0.348 e. The molecule has 0 unspecified atom stereocenters. The van der Waals surface area contributed by atoms with Gasteiger partial charge in [0.2, 0.25) is 5.60 Å². The molecule has 0 aliphatic heterocycles. The van der Waals surface area contributed by atoms with E-state index >= 15 is 0 Å². The van der Waals surface area contributed by atoms with Crippen LogP contribution in [0.1, 0.15) is 25.7 Å². The van der Waals surface area contributed by atoms with Crippen LogP contribution < -0.4 is 4.74 Å². The monoisotopic (exact) mass is 242 g/mol. The second-order valence-corrected chi connectivity index (χ2v) is 4.18. The molecule has 1 N–H and O–H groups in total. The van der Waals surface area contributed by atoms with Crippen molar-refractivity contribution in [3.63, 3.8) is 0 Å². The third-order valence-corrected chi connectivity index (χ3v) is 3.01. The average Bonchev–Trinajstić information content (AvgIpc) is 2.73. The second-order valence-electron chi connectivity index (χ2n) is 4.18. The van der Waals surface area contributed by atoms with Gasteiger partial charge in [0.25, 0.3) is 0 Å². The van der Waals surface area contributed by atoms with Crippen LogP contribution in [0.4, 0.5) is 8.78 Å². The summed E-state index contributed by atoms with van der Waals surface area (Å²) in [5, 5.41) is 9.16. The highest BCUT2D eigenvalue weighted by Gasteiger charge is 2.43.